The minimum absolute atomic E-state index is 0.583. The van der Waals surface area contributed by atoms with Gasteiger partial charge in [-0.15, -0.1) is 22.7 Å². The minimum atomic E-state index is -0.583. The molecule has 2 aromatic heterocycles. The van der Waals surface area contributed by atoms with E-state index >= 15 is 0 Å². The molecule has 0 nitrogen and oxygen atoms in total. The van der Waals surface area contributed by atoms with Crippen molar-refractivity contribution < 1.29 is 0 Å². The lowest BCUT2D eigenvalue weighted by Gasteiger charge is -2.34. The molecule has 0 aliphatic heterocycles. The van der Waals surface area contributed by atoms with E-state index in [1.165, 1.54) is 97.4 Å². The zero-order valence-corrected chi connectivity index (χ0v) is 33.9. The van der Waals surface area contributed by atoms with Gasteiger partial charge in [0.1, 0.15) is 0 Å². The molecular formula is C57H38S2. The molecule has 0 fully saturated rings. The summed E-state index contributed by atoms with van der Waals surface area (Å²) in [4.78, 5) is 5.09. The van der Waals surface area contributed by atoms with E-state index in [0.717, 1.165) is 0 Å². The van der Waals surface area contributed by atoms with Crippen LogP contribution in [0.4, 0.5) is 0 Å². The summed E-state index contributed by atoms with van der Waals surface area (Å²) in [5.41, 5.74) is 17.0. The van der Waals surface area contributed by atoms with E-state index in [1.54, 1.807) is 0 Å². The molecule has 0 amide bonds. The summed E-state index contributed by atoms with van der Waals surface area (Å²) in [6.45, 7) is 0. The first-order valence-electron chi connectivity index (χ1n) is 20.1. The van der Waals surface area contributed by atoms with E-state index in [9.17, 15) is 0 Å². The highest BCUT2D eigenvalue weighted by molar-refractivity contribution is 7.19. The van der Waals surface area contributed by atoms with Crippen LogP contribution in [-0.2, 0) is 5.41 Å². The standard InChI is InChI=1S/C57H38S2/c1-5-13-39(14-6-1)41-21-27-47(28-22-41)57(48-29-23-42(24-30-48)40-15-7-2-8-16-40)51-37-45(55-35-33-53(58-55)43-17-9-3-10-18-43)25-31-49(51)50-32-26-46(38-52(50)57)56-36-34-54(59-56)44-19-11-4-12-20-44/h1-38H. The van der Waals surface area contributed by atoms with Gasteiger partial charge in [-0.05, 0) is 114 Å². The van der Waals surface area contributed by atoms with Crippen LogP contribution in [0.3, 0.4) is 0 Å². The van der Waals surface area contributed by atoms with Gasteiger partial charge in [-0.3, -0.25) is 0 Å². The third kappa shape index (κ3) is 6.20. The largest absolute Gasteiger partial charge is 0.135 e. The molecule has 0 spiro atoms. The Kier molecular flexibility index (Phi) is 8.88. The predicted molar refractivity (Wildman–Crippen MR) is 252 cm³/mol. The molecule has 59 heavy (non-hydrogen) atoms. The molecule has 0 radical (unpaired) electrons. The molecule has 0 bridgehead atoms. The van der Waals surface area contributed by atoms with Gasteiger partial charge in [-0.25, -0.2) is 0 Å². The number of benzene rings is 8. The lowest BCUT2D eigenvalue weighted by molar-refractivity contribution is 0.769. The Morgan fingerprint density at radius 1 is 0.237 bits per heavy atom. The molecule has 0 unspecified atom stereocenters. The van der Waals surface area contributed by atoms with Gasteiger partial charge in [0.2, 0.25) is 0 Å². The SMILES string of the molecule is c1ccc(-c2ccc(C3(c4ccc(-c5ccccc5)cc4)c4cc(-c5ccc(-c6ccccc6)s5)ccc4-c4ccc(-c5ccc(-c6ccccc6)s5)cc43)cc2)cc1. The fourth-order valence-electron chi connectivity index (χ4n) is 9.01. The van der Waals surface area contributed by atoms with Crippen molar-refractivity contribution in [1.29, 1.82) is 0 Å². The maximum atomic E-state index is 2.49. The first kappa shape index (κ1) is 35.3. The molecule has 0 saturated carbocycles. The second-order valence-corrected chi connectivity index (χ2v) is 17.4. The highest BCUT2D eigenvalue weighted by Gasteiger charge is 2.46. The van der Waals surface area contributed by atoms with Crippen LogP contribution in [0.1, 0.15) is 22.3 Å². The normalized spacial score (nSPS) is 12.5. The second-order valence-electron chi connectivity index (χ2n) is 15.2. The predicted octanol–water partition coefficient (Wildman–Crippen LogP) is 16.2. The van der Waals surface area contributed by atoms with Crippen LogP contribution in [-0.4, -0.2) is 0 Å². The molecule has 0 N–H and O–H groups in total. The molecular weight excluding hydrogens is 749 g/mol. The molecule has 8 aromatic carbocycles. The first-order valence-corrected chi connectivity index (χ1v) is 21.8. The average molecular weight is 787 g/mol. The fraction of sp³-hybridized carbons (Fsp3) is 0.0175. The van der Waals surface area contributed by atoms with Gasteiger partial charge in [-0.1, -0.05) is 194 Å². The van der Waals surface area contributed by atoms with Crippen molar-refractivity contribution in [1.82, 2.24) is 0 Å². The van der Waals surface area contributed by atoms with Crippen LogP contribution >= 0.6 is 22.7 Å². The van der Waals surface area contributed by atoms with Gasteiger partial charge in [0.05, 0.1) is 5.41 Å². The van der Waals surface area contributed by atoms with E-state index in [1.807, 2.05) is 22.7 Å². The molecule has 10 aromatic rings. The van der Waals surface area contributed by atoms with Crippen molar-refractivity contribution in [2.24, 2.45) is 0 Å². The quantitative estimate of drug-likeness (QED) is 0.144. The maximum absolute atomic E-state index is 2.49. The molecule has 0 atom stereocenters. The number of fused-ring (bicyclic) bond motifs is 3. The van der Waals surface area contributed by atoms with Crippen LogP contribution in [0, 0.1) is 0 Å². The Balaban J connectivity index is 1.14. The number of rotatable bonds is 8. The molecule has 2 heteroatoms. The average Bonchev–Trinajstić information content (AvgIpc) is 4.08. The molecule has 0 saturated heterocycles. The van der Waals surface area contributed by atoms with Crippen LogP contribution in [0.2, 0.25) is 0 Å². The summed E-state index contributed by atoms with van der Waals surface area (Å²) in [6, 6.07) is 85.2. The minimum Gasteiger partial charge on any atom is -0.135 e. The van der Waals surface area contributed by atoms with E-state index in [0.29, 0.717) is 0 Å². The van der Waals surface area contributed by atoms with Crippen molar-refractivity contribution in [3.05, 3.63) is 253 Å². The van der Waals surface area contributed by atoms with E-state index in [2.05, 4.69) is 231 Å². The maximum Gasteiger partial charge on any atom is 0.0714 e. The summed E-state index contributed by atoms with van der Waals surface area (Å²) in [7, 11) is 0. The van der Waals surface area contributed by atoms with Gasteiger partial charge in [0.15, 0.2) is 0 Å². The highest BCUT2D eigenvalue weighted by atomic mass is 32.1. The van der Waals surface area contributed by atoms with Crippen LogP contribution < -0.4 is 0 Å². The van der Waals surface area contributed by atoms with Crippen molar-refractivity contribution in [2.75, 3.05) is 0 Å². The second kappa shape index (κ2) is 14.8. The van der Waals surface area contributed by atoms with Gasteiger partial charge < -0.3 is 0 Å². The van der Waals surface area contributed by atoms with Crippen LogP contribution in [0.5, 0.6) is 0 Å². The van der Waals surface area contributed by atoms with Crippen molar-refractivity contribution >= 4 is 22.7 Å². The van der Waals surface area contributed by atoms with Gasteiger partial charge >= 0.3 is 0 Å². The Morgan fingerprint density at radius 3 is 0.881 bits per heavy atom. The fourth-order valence-corrected chi connectivity index (χ4v) is 11.0. The summed E-state index contributed by atoms with van der Waals surface area (Å²) in [5.74, 6) is 0. The summed E-state index contributed by atoms with van der Waals surface area (Å²) in [6.07, 6.45) is 0. The number of hydrogen-bond acceptors (Lipinski definition) is 2. The van der Waals surface area contributed by atoms with Crippen molar-refractivity contribution in [3.8, 4) is 75.1 Å². The Bertz CT molecular complexity index is 2830. The topological polar surface area (TPSA) is 0 Å². The van der Waals surface area contributed by atoms with Crippen LogP contribution in [0.15, 0.2) is 231 Å². The number of thiophene rings is 2. The molecule has 11 rings (SSSR count). The third-order valence-corrected chi connectivity index (χ3v) is 14.3. The zero-order chi connectivity index (χ0) is 39.2. The van der Waals surface area contributed by atoms with E-state index in [4.69, 9.17) is 0 Å². The number of hydrogen-bond donors (Lipinski definition) is 0. The Morgan fingerprint density at radius 2 is 0.525 bits per heavy atom. The van der Waals surface area contributed by atoms with Crippen LogP contribution in [0.25, 0.3) is 75.1 Å². The zero-order valence-electron chi connectivity index (χ0n) is 32.3. The Hall–Kier alpha value is -6.84. The van der Waals surface area contributed by atoms with E-state index in [-0.39, 0.29) is 0 Å². The lowest BCUT2D eigenvalue weighted by Crippen LogP contribution is -2.28. The Labute approximate surface area is 354 Å². The molecule has 1 aliphatic rings. The summed E-state index contributed by atoms with van der Waals surface area (Å²) < 4.78 is 0. The van der Waals surface area contributed by atoms with Gasteiger partial charge in [0, 0.05) is 19.5 Å². The monoisotopic (exact) mass is 786 g/mol. The van der Waals surface area contributed by atoms with Crippen molar-refractivity contribution in [3.63, 3.8) is 0 Å². The smallest absolute Gasteiger partial charge is 0.0714 e. The van der Waals surface area contributed by atoms with E-state index < -0.39 is 5.41 Å². The van der Waals surface area contributed by atoms with Crippen molar-refractivity contribution in [2.45, 2.75) is 5.41 Å². The highest BCUT2D eigenvalue weighted by Crippen LogP contribution is 2.58. The summed E-state index contributed by atoms with van der Waals surface area (Å²) in [5, 5.41) is 0. The third-order valence-electron chi connectivity index (χ3n) is 11.9. The molecule has 1 aliphatic carbocycles. The lowest BCUT2D eigenvalue weighted by atomic mass is 9.67. The van der Waals surface area contributed by atoms with Gasteiger partial charge in [-0.2, -0.15) is 0 Å². The molecule has 2 heterocycles. The van der Waals surface area contributed by atoms with Gasteiger partial charge in [0.25, 0.3) is 0 Å². The summed E-state index contributed by atoms with van der Waals surface area (Å²) >= 11 is 3.72. The first-order chi connectivity index (χ1) is 29.2. The molecule has 278 valence electrons.